The van der Waals surface area contributed by atoms with Crippen LogP contribution in [0, 0.1) is 11.7 Å². The van der Waals surface area contributed by atoms with Crippen LogP contribution in [0.4, 0.5) is 10.1 Å². The molecule has 1 aromatic carbocycles. The van der Waals surface area contributed by atoms with Crippen LogP contribution in [0.2, 0.25) is 0 Å². The number of halogens is 1. The van der Waals surface area contributed by atoms with Gasteiger partial charge in [-0.05, 0) is 43.0 Å². The van der Waals surface area contributed by atoms with E-state index in [1.54, 1.807) is 12.1 Å². The highest BCUT2D eigenvalue weighted by atomic mass is 19.1. The number of hydrogen-bond acceptors (Lipinski definition) is 4. The zero-order valence-electron chi connectivity index (χ0n) is 12.5. The Hall–Kier alpha value is -1.66. The van der Waals surface area contributed by atoms with Crippen molar-refractivity contribution < 1.29 is 14.3 Å². The van der Waals surface area contributed by atoms with Crippen LogP contribution in [-0.2, 0) is 4.79 Å². The normalized spacial score (nSPS) is 28.1. The van der Waals surface area contributed by atoms with Gasteiger partial charge in [0.2, 0.25) is 5.91 Å². The molecule has 6 heteroatoms. The molecular weight excluding hydrogens is 285 g/mol. The first kappa shape index (κ1) is 15.2. The summed E-state index contributed by atoms with van der Waals surface area (Å²) in [5.41, 5.74) is 1.02. The number of nitrogens with one attached hydrogen (secondary N) is 2. The number of carbonyl (C=O) groups is 1. The number of hydrogen-bond donors (Lipinski definition) is 3. The number of aliphatic hydroxyl groups is 1. The van der Waals surface area contributed by atoms with Crippen LogP contribution in [0.25, 0.3) is 0 Å². The summed E-state index contributed by atoms with van der Waals surface area (Å²) in [6, 6.07) is 6.26. The summed E-state index contributed by atoms with van der Waals surface area (Å²) in [6.07, 6.45) is 1.08. The Bertz CT molecular complexity index is 523. The molecule has 2 saturated heterocycles. The standard InChI is InChI=1S/C16H22FN3O2/c17-12-1-3-13(4-2-12)20-6-5-11(10-20)8-19-16(22)15-7-14(21)9-18-15/h1-4,11,14-15,18,21H,5-10H2,(H,19,22)/t11?,14-,15+/m0/s1. The van der Waals surface area contributed by atoms with Gasteiger partial charge >= 0.3 is 0 Å². The van der Waals surface area contributed by atoms with E-state index in [1.807, 2.05) is 0 Å². The number of amides is 1. The molecule has 3 N–H and O–H groups in total. The van der Waals surface area contributed by atoms with E-state index in [0.29, 0.717) is 25.4 Å². The second-order valence-corrected chi connectivity index (χ2v) is 6.17. The van der Waals surface area contributed by atoms with Crippen molar-refractivity contribution in [3.05, 3.63) is 30.1 Å². The maximum atomic E-state index is 12.9. The van der Waals surface area contributed by atoms with Gasteiger partial charge in [0.15, 0.2) is 0 Å². The molecule has 5 nitrogen and oxygen atoms in total. The van der Waals surface area contributed by atoms with Gasteiger partial charge in [-0.3, -0.25) is 4.79 Å². The first-order valence-electron chi connectivity index (χ1n) is 7.81. The first-order chi connectivity index (χ1) is 10.6. The van der Waals surface area contributed by atoms with Crippen LogP contribution in [0.5, 0.6) is 0 Å². The molecule has 3 atom stereocenters. The lowest BCUT2D eigenvalue weighted by molar-refractivity contribution is -0.123. The summed E-state index contributed by atoms with van der Waals surface area (Å²) < 4.78 is 12.9. The van der Waals surface area contributed by atoms with Crippen molar-refractivity contribution in [1.82, 2.24) is 10.6 Å². The van der Waals surface area contributed by atoms with E-state index in [9.17, 15) is 14.3 Å². The molecule has 2 aliphatic rings. The Morgan fingerprint density at radius 3 is 2.86 bits per heavy atom. The van der Waals surface area contributed by atoms with Crippen LogP contribution < -0.4 is 15.5 Å². The summed E-state index contributed by atoms with van der Waals surface area (Å²) >= 11 is 0. The Kier molecular flexibility index (Phi) is 4.59. The van der Waals surface area contributed by atoms with Crippen molar-refractivity contribution in [2.45, 2.75) is 25.0 Å². The highest BCUT2D eigenvalue weighted by Gasteiger charge is 2.29. The molecule has 1 aromatic rings. The molecule has 2 aliphatic heterocycles. The third-order valence-corrected chi connectivity index (χ3v) is 4.47. The Labute approximate surface area is 129 Å². The largest absolute Gasteiger partial charge is 0.392 e. The average Bonchev–Trinajstić information content (AvgIpc) is 3.15. The Balaban J connectivity index is 1.45. The van der Waals surface area contributed by atoms with Gasteiger partial charge in [0.1, 0.15) is 5.82 Å². The fourth-order valence-electron chi connectivity index (χ4n) is 3.17. The second kappa shape index (κ2) is 6.62. The number of benzene rings is 1. The van der Waals surface area contributed by atoms with Crippen molar-refractivity contribution in [1.29, 1.82) is 0 Å². The predicted molar refractivity (Wildman–Crippen MR) is 82.1 cm³/mol. The van der Waals surface area contributed by atoms with Crippen LogP contribution in [-0.4, -0.2) is 49.3 Å². The smallest absolute Gasteiger partial charge is 0.237 e. The molecule has 0 aromatic heterocycles. The number of β-amino-alcohol motifs (C(OH)–C–C–N with tert-alkyl or cyclic N) is 1. The third-order valence-electron chi connectivity index (χ3n) is 4.47. The lowest BCUT2D eigenvalue weighted by atomic mass is 10.1. The molecule has 2 fully saturated rings. The van der Waals surface area contributed by atoms with E-state index in [-0.39, 0.29) is 17.8 Å². The van der Waals surface area contributed by atoms with E-state index in [4.69, 9.17) is 0 Å². The molecule has 1 amide bonds. The van der Waals surface area contributed by atoms with Gasteiger partial charge in [0.25, 0.3) is 0 Å². The van der Waals surface area contributed by atoms with Gasteiger partial charge in [0, 0.05) is 31.9 Å². The Morgan fingerprint density at radius 2 is 2.18 bits per heavy atom. The van der Waals surface area contributed by atoms with Crippen molar-refractivity contribution in [3.8, 4) is 0 Å². The maximum Gasteiger partial charge on any atom is 0.237 e. The fourth-order valence-corrected chi connectivity index (χ4v) is 3.17. The second-order valence-electron chi connectivity index (χ2n) is 6.17. The Morgan fingerprint density at radius 1 is 1.41 bits per heavy atom. The quantitative estimate of drug-likeness (QED) is 0.757. The van der Waals surface area contributed by atoms with Crippen molar-refractivity contribution >= 4 is 11.6 Å². The van der Waals surface area contributed by atoms with Gasteiger partial charge in [-0.15, -0.1) is 0 Å². The minimum atomic E-state index is -0.420. The molecule has 0 bridgehead atoms. The summed E-state index contributed by atoms with van der Waals surface area (Å²) in [6.45, 7) is 2.92. The number of carbonyl (C=O) groups excluding carboxylic acids is 1. The molecule has 1 unspecified atom stereocenters. The first-order valence-corrected chi connectivity index (χ1v) is 7.81. The van der Waals surface area contributed by atoms with Crippen LogP contribution >= 0.6 is 0 Å². The van der Waals surface area contributed by atoms with E-state index < -0.39 is 6.10 Å². The summed E-state index contributed by atoms with van der Waals surface area (Å²) in [4.78, 5) is 14.2. The van der Waals surface area contributed by atoms with Gasteiger partial charge < -0.3 is 20.6 Å². The summed E-state index contributed by atoms with van der Waals surface area (Å²) in [5, 5.41) is 15.4. The van der Waals surface area contributed by atoms with Crippen molar-refractivity contribution in [2.75, 3.05) is 31.1 Å². The summed E-state index contributed by atoms with van der Waals surface area (Å²) in [7, 11) is 0. The molecule has 120 valence electrons. The highest BCUT2D eigenvalue weighted by molar-refractivity contribution is 5.82. The zero-order valence-corrected chi connectivity index (χ0v) is 12.5. The topological polar surface area (TPSA) is 64.6 Å². The minimum Gasteiger partial charge on any atom is -0.392 e. The molecule has 0 saturated carbocycles. The maximum absolute atomic E-state index is 12.9. The van der Waals surface area contributed by atoms with E-state index in [0.717, 1.165) is 25.2 Å². The SMILES string of the molecule is O=C(NCC1CCN(c2ccc(F)cc2)C1)[C@H]1C[C@H](O)CN1. The third kappa shape index (κ3) is 3.56. The van der Waals surface area contributed by atoms with Crippen molar-refractivity contribution in [2.24, 2.45) is 5.92 Å². The van der Waals surface area contributed by atoms with Crippen LogP contribution in [0.3, 0.4) is 0 Å². The van der Waals surface area contributed by atoms with Gasteiger partial charge in [-0.25, -0.2) is 4.39 Å². The molecule has 0 aliphatic carbocycles. The summed E-state index contributed by atoms with van der Waals surface area (Å²) in [5.74, 6) is 0.148. The highest BCUT2D eigenvalue weighted by Crippen LogP contribution is 2.23. The fraction of sp³-hybridized carbons (Fsp3) is 0.562. The molecule has 0 radical (unpaired) electrons. The van der Waals surface area contributed by atoms with Crippen LogP contribution in [0.1, 0.15) is 12.8 Å². The molecule has 0 spiro atoms. The van der Waals surface area contributed by atoms with Gasteiger partial charge in [-0.2, -0.15) is 0 Å². The van der Waals surface area contributed by atoms with Crippen LogP contribution in [0.15, 0.2) is 24.3 Å². The predicted octanol–water partition coefficient (Wildman–Crippen LogP) is 0.491. The molecule has 2 heterocycles. The number of nitrogens with zero attached hydrogens (tertiary/aromatic N) is 1. The lowest BCUT2D eigenvalue weighted by Crippen LogP contribution is -2.42. The average molecular weight is 307 g/mol. The molecule has 3 rings (SSSR count). The van der Waals surface area contributed by atoms with Gasteiger partial charge in [-0.1, -0.05) is 0 Å². The number of anilines is 1. The van der Waals surface area contributed by atoms with E-state index >= 15 is 0 Å². The van der Waals surface area contributed by atoms with E-state index in [1.165, 1.54) is 12.1 Å². The molecule has 22 heavy (non-hydrogen) atoms. The lowest BCUT2D eigenvalue weighted by Gasteiger charge is -2.19. The zero-order chi connectivity index (χ0) is 15.5. The van der Waals surface area contributed by atoms with Crippen molar-refractivity contribution in [3.63, 3.8) is 0 Å². The monoisotopic (exact) mass is 307 g/mol. The van der Waals surface area contributed by atoms with E-state index in [2.05, 4.69) is 15.5 Å². The number of aliphatic hydroxyl groups excluding tert-OH is 1. The minimum absolute atomic E-state index is 0.0308. The van der Waals surface area contributed by atoms with Gasteiger partial charge in [0.05, 0.1) is 12.1 Å². The number of rotatable bonds is 4. The molecular formula is C16H22FN3O2.